The van der Waals surface area contributed by atoms with Crippen molar-refractivity contribution in [2.75, 3.05) is 0 Å². The molecule has 0 bridgehead atoms. The molecule has 8 heteroatoms. The Kier molecular flexibility index (Phi) is 4.33. The molecule has 0 saturated carbocycles. The van der Waals surface area contributed by atoms with E-state index < -0.39 is 23.4 Å². The first-order valence-electron chi connectivity index (χ1n) is 8.25. The van der Waals surface area contributed by atoms with Crippen molar-refractivity contribution >= 4 is 0 Å². The Bertz CT molecular complexity index is 1100. The first-order valence-corrected chi connectivity index (χ1v) is 8.25. The number of hydrogen-bond donors (Lipinski definition) is 0. The van der Waals surface area contributed by atoms with Crippen molar-refractivity contribution in [3.05, 3.63) is 83.7 Å². The van der Waals surface area contributed by atoms with Crippen LogP contribution < -0.4 is 0 Å². The summed E-state index contributed by atoms with van der Waals surface area (Å²) in [4.78, 5) is 8.46. The molecule has 2 aromatic carbocycles. The minimum atomic E-state index is -4.38. The summed E-state index contributed by atoms with van der Waals surface area (Å²) in [5, 5.41) is 0. The molecular formula is C20H12F5N3. The lowest BCUT2D eigenvalue weighted by molar-refractivity contribution is -0.137. The van der Waals surface area contributed by atoms with Crippen LogP contribution in [0.3, 0.4) is 0 Å². The molecule has 2 aromatic rings. The average Bonchev–Trinajstić information content (AvgIpc) is 3.07. The van der Waals surface area contributed by atoms with Gasteiger partial charge in [0, 0.05) is 18.9 Å². The van der Waals surface area contributed by atoms with Crippen LogP contribution in [0.4, 0.5) is 22.0 Å². The molecule has 2 aliphatic heterocycles. The molecule has 4 rings (SSSR count). The predicted molar refractivity (Wildman–Crippen MR) is 92.5 cm³/mol. The molecule has 0 unspecified atom stereocenters. The van der Waals surface area contributed by atoms with Crippen molar-refractivity contribution in [3.63, 3.8) is 0 Å². The lowest BCUT2D eigenvalue weighted by atomic mass is 10.1. The van der Waals surface area contributed by atoms with Gasteiger partial charge in [0.2, 0.25) is 0 Å². The molecule has 0 fully saturated rings. The molecule has 0 saturated heterocycles. The van der Waals surface area contributed by atoms with Crippen molar-refractivity contribution in [3.8, 4) is 22.8 Å². The minimum absolute atomic E-state index is 0.0366. The van der Waals surface area contributed by atoms with Crippen LogP contribution in [-0.2, 0) is 12.7 Å². The SMILES string of the molecule is Fc1cccc(-c2nc3ccn(Cc4ccc(C(F)(F)F)cc4)cc-3n2)c1F. The summed E-state index contributed by atoms with van der Waals surface area (Å²) in [6.45, 7) is 0.324. The van der Waals surface area contributed by atoms with Gasteiger partial charge in [0.25, 0.3) is 0 Å². The first-order chi connectivity index (χ1) is 13.3. The molecule has 142 valence electrons. The normalized spacial score (nSPS) is 11.9. The van der Waals surface area contributed by atoms with Crippen LogP contribution in [-0.4, -0.2) is 14.5 Å². The number of halogens is 5. The molecule has 0 amide bonds. The average molecular weight is 389 g/mol. The number of aromatic nitrogens is 3. The molecule has 2 aliphatic rings. The highest BCUT2D eigenvalue weighted by Gasteiger charge is 2.29. The zero-order valence-electron chi connectivity index (χ0n) is 14.2. The summed E-state index contributed by atoms with van der Waals surface area (Å²) in [6.07, 6.45) is -1.03. The molecular weight excluding hydrogens is 377 g/mol. The third kappa shape index (κ3) is 3.45. The van der Waals surface area contributed by atoms with Crippen molar-refractivity contribution in [2.45, 2.75) is 12.7 Å². The number of benzene rings is 2. The lowest BCUT2D eigenvalue weighted by Crippen LogP contribution is -2.05. The van der Waals surface area contributed by atoms with E-state index in [1.165, 1.54) is 24.3 Å². The smallest absolute Gasteiger partial charge is 0.348 e. The molecule has 2 heterocycles. The van der Waals surface area contributed by atoms with Gasteiger partial charge >= 0.3 is 6.18 Å². The van der Waals surface area contributed by atoms with Gasteiger partial charge in [-0.25, -0.2) is 18.7 Å². The second kappa shape index (κ2) is 6.70. The zero-order chi connectivity index (χ0) is 19.9. The van der Waals surface area contributed by atoms with Crippen molar-refractivity contribution in [1.82, 2.24) is 14.5 Å². The van der Waals surface area contributed by atoms with Crippen LogP contribution in [0.5, 0.6) is 0 Å². The zero-order valence-corrected chi connectivity index (χ0v) is 14.2. The minimum Gasteiger partial charge on any atom is -0.348 e. The van der Waals surface area contributed by atoms with E-state index >= 15 is 0 Å². The summed E-state index contributed by atoms with van der Waals surface area (Å²) in [7, 11) is 0. The summed E-state index contributed by atoms with van der Waals surface area (Å²) < 4.78 is 67.0. The number of rotatable bonds is 3. The maximum Gasteiger partial charge on any atom is 0.416 e. The highest BCUT2D eigenvalue weighted by atomic mass is 19.4. The first kappa shape index (κ1) is 18.1. The van der Waals surface area contributed by atoms with E-state index in [-0.39, 0.29) is 11.4 Å². The third-order valence-electron chi connectivity index (χ3n) is 4.27. The van der Waals surface area contributed by atoms with E-state index in [0.29, 0.717) is 23.5 Å². The predicted octanol–water partition coefficient (Wildman–Crippen LogP) is 5.40. The molecule has 0 spiro atoms. The lowest BCUT2D eigenvalue weighted by Gasteiger charge is -2.10. The Morgan fingerprint density at radius 3 is 2.29 bits per heavy atom. The van der Waals surface area contributed by atoms with Crippen molar-refractivity contribution < 1.29 is 22.0 Å². The fourth-order valence-electron chi connectivity index (χ4n) is 2.86. The van der Waals surface area contributed by atoms with Gasteiger partial charge in [-0.1, -0.05) is 18.2 Å². The van der Waals surface area contributed by atoms with E-state index in [1.807, 2.05) is 0 Å². The highest BCUT2D eigenvalue weighted by Crippen LogP contribution is 2.30. The quantitative estimate of drug-likeness (QED) is 0.440. The largest absolute Gasteiger partial charge is 0.416 e. The van der Waals surface area contributed by atoms with Gasteiger partial charge in [0.05, 0.1) is 16.8 Å². The Labute approximate surface area is 156 Å². The van der Waals surface area contributed by atoms with Gasteiger partial charge in [0.1, 0.15) is 5.69 Å². The number of alkyl halides is 3. The van der Waals surface area contributed by atoms with Gasteiger partial charge < -0.3 is 4.57 Å². The molecule has 0 N–H and O–H groups in total. The van der Waals surface area contributed by atoms with Gasteiger partial charge in [-0.15, -0.1) is 0 Å². The summed E-state index contributed by atoms with van der Waals surface area (Å²) in [5.41, 5.74) is 0.898. The standard InChI is InChI=1S/C20H12F5N3/c21-15-3-1-2-14(18(15)22)19-26-16-8-9-28(11-17(16)27-19)10-12-4-6-13(7-5-12)20(23,24)25/h1-9,11H,10H2. The number of imidazole rings is 1. The van der Waals surface area contributed by atoms with Crippen LogP contribution >= 0.6 is 0 Å². The monoisotopic (exact) mass is 389 g/mol. The van der Waals surface area contributed by atoms with Crippen LogP contribution in [0.25, 0.3) is 22.8 Å². The molecule has 28 heavy (non-hydrogen) atoms. The summed E-state index contributed by atoms with van der Waals surface area (Å²) >= 11 is 0. The molecule has 0 radical (unpaired) electrons. The highest BCUT2D eigenvalue weighted by molar-refractivity contribution is 5.66. The summed E-state index contributed by atoms with van der Waals surface area (Å²) in [5.74, 6) is -1.93. The second-order valence-corrected chi connectivity index (χ2v) is 6.23. The van der Waals surface area contributed by atoms with Gasteiger partial charge in [0.15, 0.2) is 17.5 Å². The molecule has 0 aromatic heterocycles. The molecule has 3 nitrogen and oxygen atoms in total. The number of pyridine rings is 1. The van der Waals surface area contributed by atoms with Crippen LogP contribution in [0.2, 0.25) is 0 Å². The fraction of sp³-hybridized carbons (Fsp3) is 0.100. The van der Waals surface area contributed by atoms with E-state index in [2.05, 4.69) is 9.97 Å². The number of nitrogens with zero attached hydrogens (tertiary/aromatic N) is 3. The Morgan fingerprint density at radius 2 is 1.57 bits per heavy atom. The Morgan fingerprint density at radius 1 is 0.857 bits per heavy atom. The Balaban J connectivity index is 1.62. The van der Waals surface area contributed by atoms with E-state index in [4.69, 9.17) is 0 Å². The Hall–Kier alpha value is -3.29. The fourth-order valence-corrected chi connectivity index (χ4v) is 2.86. The van der Waals surface area contributed by atoms with E-state index in [0.717, 1.165) is 18.2 Å². The topological polar surface area (TPSA) is 30.7 Å². The summed E-state index contributed by atoms with van der Waals surface area (Å²) in [6, 6.07) is 10.3. The van der Waals surface area contributed by atoms with Gasteiger partial charge in [-0.05, 0) is 35.9 Å². The van der Waals surface area contributed by atoms with Crippen molar-refractivity contribution in [2.24, 2.45) is 0 Å². The molecule has 0 aliphatic carbocycles. The van der Waals surface area contributed by atoms with Gasteiger partial charge in [-0.3, -0.25) is 0 Å². The van der Waals surface area contributed by atoms with E-state index in [9.17, 15) is 22.0 Å². The third-order valence-corrected chi connectivity index (χ3v) is 4.27. The van der Waals surface area contributed by atoms with Crippen LogP contribution in [0.1, 0.15) is 11.1 Å². The maximum absolute atomic E-state index is 14.0. The second-order valence-electron chi connectivity index (χ2n) is 6.23. The number of fused-ring (bicyclic) bond motifs is 1. The number of hydrogen-bond acceptors (Lipinski definition) is 2. The van der Waals surface area contributed by atoms with Crippen LogP contribution in [0.15, 0.2) is 60.9 Å². The van der Waals surface area contributed by atoms with Crippen LogP contribution in [0, 0.1) is 11.6 Å². The molecule has 0 atom stereocenters. The van der Waals surface area contributed by atoms with Gasteiger partial charge in [-0.2, -0.15) is 13.2 Å². The maximum atomic E-state index is 14.0. The van der Waals surface area contributed by atoms with Crippen molar-refractivity contribution in [1.29, 1.82) is 0 Å². The van der Waals surface area contributed by atoms with E-state index in [1.54, 1.807) is 23.0 Å².